The lowest BCUT2D eigenvalue weighted by molar-refractivity contribution is -0.119. The van der Waals surface area contributed by atoms with E-state index in [1.54, 1.807) is 20.8 Å². The van der Waals surface area contributed by atoms with Crippen molar-refractivity contribution in [2.45, 2.75) is 25.7 Å². The fraction of sp³-hybridized carbons (Fsp3) is 0.353. The van der Waals surface area contributed by atoms with Gasteiger partial charge in [-0.1, -0.05) is 30.6 Å². The Morgan fingerprint density at radius 1 is 1.25 bits per heavy atom. The molecule has 0 aliphatic heterocycles. The molecule has 0 bridgehead atoms. The van der Waals surface area contributed by atoms with Crippen LogP contribution in [0.2, 0.25) is 5.02 Å². The Morgan fingerprint density at radius 3 is 2.50 bits per heavy atom. The SMILES string of the molecule is CCN(CC)S(=O)(=O)c1ccc(Cl)c(C(=O)OCC(=O)Nc2cc(C)no2)c1. The average Bonchev–Trinajstić information content (AvgIpc) is 3.05. The molecule has 1 amide bonds. The molecule has 28 heavy (non-hydrogen) atoms. The minimum atomic E-state index is -3.78. The number of anilines is 1. The zero-order chi connectivity index (χ0) is 20.9. The van der Waals surface area contributed by atoms with Crippen LogP contribution in [-0.2, 0) is 19.6 Å². The van der Waals surface area contributed by atoms with E-state index in [2.05, 4.69) is 10.5 Å². The number of benzene rings is 1. The maximum Gasteiger partial charge on any atom is 0.340 e. The van der Waals surface area contributed by atoms with E-state index >= 15 is 0 Å². The number of ether oxygens (including phenoxy) is 1. The highest BCUT2D eigenvalue weighted by atomic mass is 35.5. The number of amides is 1. The maximum absolute atomic E-state index is 12.6. The molecule has 1 heterocycles. The van der Waals surface area contributed by atoms with E-state index < -0.39 is 28.5 Å². The molecule has 1 aromatic heterocycles. The predicted molar refractivity (Wildman–Crippen MR) is 102 cm³/mol. The smallest absolute Gasteiger partial charge is 0.340 e. The number of aromatic nitrogens is 1. The number of sulfonamides is 1. The predicted octanol–water partition coefficient (Wildman–Crippen LogP) is 2.46. The van der Waals surface area contributed by atoms with Crippen LogP contribution in [0.5, 0.6) is 0 Å². The molecular weight excluding hydrogens is 410 g/mol. The van der Waals surface area contributed by atoms with E-state index in [9.17, 15) is 18.0 Å². The third-order valence-corrected chi connectivity index (χ3v) is 6.10. The molecule has 0 radical (unpaired) electrons. The van der Waals surface area contributed by atoms with E-state index in [1.165, 1.54) is 22.5 Å². The van der Waals surface area contributed by atoms with E-state index in [1.807, 2.05) is 0 Å². The van der Waals surface area contributed by atoms with Crippen molar-refractivity contribution in [3.63, 3.8) is 0 Å². The van der Waals surface area contributed by atoms with Crippen LogP contribution in [0.15, 0.2) is 33.7 Å². The van der Waals surface area contributed by atoms with E-state index in [0.29, 0.717) is 5.69 Å². The third kappa shape index (κ3) is 5.09. The summed E-state index contributed by atoms with van der Waals surface area (Å²) in [5.74, 6) is -1.46. The van der Waals surface area contributed by atoms with Crippen LogP contribution in [0, 0.1) is 6.92 Å². The Balaban J connectivity index is 2.11. The van der Waals surface area contributed by atoms with E-state index in [4.69, 9.17) is 20.9 Å². The molecule has 1 N–H and O–H groups in total. The Hall–Kier alpha value is -2.43. The zero-order valence-corrected chi connectivity index (χ0v) is 17.1. The van der Waals surface area contributed by atoms with Crippen LogP contribution in [0.3, 0.4) is 0 Å². The van der Waals surface area contributed by atoms with Crippen LogP contribution in [0.25, 0.3) is 0 Å². The van der Waals surface area contributed by atoms with Gasteiger partial charge in [0.2, 0.25) is 15.9 Å². The van der Waals surface area contributed by atoms with Gasteiger partial charge in [0.25, 0.3) is 5.91 Å². The fourth-order valence-corrected chi connectivity index (χ4v) is 4.02. The largest absolute Gasteiger partial charge is 0.452 e. The van der Waals surface area contributed by atoms with Crippen LogP contribution >= 0.6 is 11.6 Å². The number of nitrogens with zero attached hydrogens (tertiary/aromatic N) is 2. The number of aryl methyl sites for hydroxylation is 1. The van der Waals surface area contributed by atoms with Gasteiger partial charge in [0.05, 0.1) is 21.2 Å². The van der Waals surface area contributed by atoms with Crippen LogP contribution in [0.4, 0.5) is 5.88 Å². The lowest BCUT2D eigenvalue weighted by Gasteiger charge is -2.19. The van der Waals surface area contributed by atoms with Gasteiger partial charge < -0.3 is 9.26 Å². The van der Waals surface area contributed by atoms with Crippen molar-refractivity contribution in [1.82, 2.24) is 9.46 Å². The lowest BCUT2D eigenvalue weighted by atomic mass is 10.2. The standard InChI is InChI=1S/C17H20ClN3O6S/c1-4-21(5-2)28(24,25)12-6-7-14(18)13(9-12)17(23)26-10-15(22)19-16-8-11(3)20-27-16/h6-9H,4-5,10H2,1-3H3,(H,19,22). The van der Waals surface area contributed by atoms with Crippen molar-refractivity contribution < 1.29 is 27.3 Å². The molecule has 2 rings (SSSR count). The normalized spacial score (nSPS) is 11.5. The molecule has 0 aliphatic rings. The second-order valence-corrected chi connectivity index (χ2v) is 8.03. The van der Waals surface area contributed by atoms with E-state index in [0.717, 1.165) is 6.07 Å². The first-order valence-electron chi connectivity index (χ1n) is 8.39. The summed E-state index contributed by atoms with van der Waals surface area (Å²) in [4.78, 5) is 24.0. The van der Waals surface area contributed by atoms with E-state index in [-0.39, 0.29) is 34.5 Å². The molecule has 0 fully saturated rings. The van der Waals surface area contributed by atoms with Gasteiger partial charge in [-0.2, -0.15) is 4.31 Å². The summed E-state index contributed by atoms with van der Waals surface area (Å²) in [5.41, 5.74) is 0.420. The maximum atomic E-state index is 12.6. The van der Waals surface area contributed by atoms with Gasteiger partial charge in [0.1, 0.15) is 0 Å². The number of hydrogen-bond acceptors (Lipinski definition) is 7. The fourth-order valence-electron chi connectivity index (χ4n) is 2.34. The molecule has 1 aromatic carbocycles. The molecule has 2 aromatic rings. The van der Waals surface area contributed by atoms with Gasteiger partial charge >= 0.3 is 5.97 Å². The number of halogens is 1. The number of carbonyl (C=O) groups excluding carboxylic acids is 2. The van der Waals surface area contributed by atoms with Gasteiger partial charge in [0.15, 0.2) is 6.61 Å². The number of nitrogens with one attached hydrogen (secondary N) is 1. The molecule has 0 unspecified atom stereocenters. The van der Waals surface area contributed by atoms with Gasteiger partial charge in [-0.3, -0.25) is 10.1 Å². The monoisotopic (exact) mass is 429 g/mol. The number of carbonyl (C=O) groups is 2. The van der Waals surface area contributed by atoms with Gasteiger partial charge in [0, 0.05) is 19.2 Å². The summed E-state index contributed by atoms with van der Waals surface area (Å²) in [7, 11) is -3.78. The van der Waals surface area contributed by atoms with Crippen LogP contribution in [0.1, 0.15) is 29.9 Å². The molecule has 0 atom stereocenters. The molecular formula is C17H20ClN3O6S. The van der Waals surface area contributed by atoms with Crippen LogP contribution in [-0.4, -0.2) is 49.5 Å². The van der Waals surface area contributed by atoms with Crippen molar-refractivity contribution in [3.05, 3.63) is 40.5 Å². The number of rotatable bonds is 8. The van der Waals surface area contributed by atoms with Crippen molar-refractivity contribution in [2.24, 2.45) is 0 Å². The number of esters is 1. The molecule has 0 spiro atoms. The second kappa shape index (κ2) is 9.18. The Morgan fingerprint density at radius 2 is 1.93 bits per heavy atom. The molecule has 9 nitrogen and oxygen atoms in total. The highest BCUT2D eigenvalue weighted by Crippen LogP contribution is 2.23. The van der Waals surface area contributed by atoms with Crippen LogP contribution < -0.4 is 5.32 Å². The molecule has 0 saturated carbocycles. The zero-order valence-electron chi connectivity index (χ0n) is 15.6. The second-order valence-electron chi connectivity index (χ2n) is 5.69. The van der Waals surface area contributed by atoms with Gasteiger partial charge in [-0.15, -0.1) is 0 Å². The minimum Gasteiger partial charge on any atom is -0.452 e. The quantitative estimate of drug-likeness (QED) is 0.640. The highest BCUT2D eigenvalue weighted by molar-refractivity contribution is 7.89. The van der Waals surface area contributed by atoms with Crippen molar-refractivity contribution in [2.75, 3.05) is 25.0 Å². The summed E-state index contributed by atoms with van der Waals surface area (Å²) >= 11 is 6.00. The highest BCUT2D eigenvalue weighted by Gasteiger charge is 2.24. The topological polar surface area (TPSA) is 119 Å². The summed E-state index contributed by atoms with van der Waals surface area (Å²) in [6, 6.07) is 5.24. The molecule has 0 saturated heterocycles. The Kier molecular flexibility index (Phi) is 7.17. The van der Waals surface area contributed by atoms with Gasteiger partial charge in [-0.25, -0.2) is 13.2 Å². The first kappa shape index (κ1) is 21.9. The summed E-state index contributed by atoms with van der Waals surface area (Å²) in [5, 5.41) is 5.99. The lowest BCUT2D eigenvalue weighted by Crippen LogP contribution is -2.30. The Labute approximate surface area is 167 Å². The van der Waals surface area contributed by atoms with Crippen molar-refractivity contribution >= 4 is 39.4 Å². The van der Waals surface area contributed by atoms with Gasteiger partial charge in [-0.05, 0) is 25.1 Å². The minimum absolute atomic E-state index is 0.00904. The van der Waals surface area contributed by atoms with Crippen molar-refractivity contribution in [3.8, 4) is 0 Å². The molecule has 11 heteroatoms. The summed E-state index contributed by atoms with van der Waals surface area (Å²) < 4.78 is 36.2. The Bertz CT molecular complexity index is 969. The third-order valence-electron chi connectivity index (χ3n) is 3.73. The molecule has 0 aliphatic carbocycles. The average molecular weight is 430 g/mol. The number of hydrogen-bond donors (Lipinski definition) is 1. The molecule has 152 valence electrons. The summed E-state index contributed by atoms with van der Waals surface area (Å²) in [6.45, 7) is 5.05. The first-order chi connectivity index (χ1) is 13.2. The first-order valence-corrected chi connectivity index (χ1v) is 10.2. The summed E-state index contributed by atoms with van der Waals surface area (Å²) in [6.07, 6.45) is 0. The van der Waals surface area contributed by atoms with Crippen molar-refractivity contribution in [1.29, 1.82) is 0 Å².